The van der Waals surface area contributed by atoms with Gasteiger partial charge in [0.15, 0.2) is 0 Å². The highest BCUT2D eigenvalue weighted by Gasteiger charge is 2.10. The van der Waals surface area contributed by atoms with Crippen molar-refractivity contribution in [3.8, 4) is 0 Å². The largest absolute Gasteiger partial charge is 0.380 e. The van der Waals surface area contributed by atoms with Crippen LogP contribution in [0.2, 0.25) is 0 Å². The van der Waals surface area contributed by atoms with Crippen molar-refractivity contribution in [3.63, 3.8) is 0 Å². The van der Waals surface area contributed by atoms with E-state index in [0.29, 0.717) is 24.7 Å². The van der Waals surface area contributed by atoms with Gasteiger partial charge < -0.3 is 4.74 Å². The van der Waals surface area contributed by atoms with Crippen LogP contribution in [0.3, 0.4) is 0 Å². The van der Waals surface area contributed by atoms with Gasteiger partial charge in [-0.3, -0.25) is 4.21 Å². The van der Waals surface area contributed by atoms with E-state index in [1.54, 1.807) is 0 Å². The quantitative estimate of drug-likeness (QED) is 0.479. The molecular weight excluding hydrogens is 144 g/mol. The fourth-order valence-electron chi connectivity index (χ4n) is 0.576. The molecule has 8 heavy (non-hydrogen) atoms. The molecule has 1 aliphatic heterocycles. The highest BCUT2D eigenvalue weighted by atomic mass is 32.8. The van der Waals surface area contributed by atoms with Gasteiger partial charge in [-0.1, -0.05) is 0 Å². The average molecular weight is 152 g/mol. The standard InChI is InChI=1S/C4H8O2S2/c5-8(7)3-1-6-2-4-8/h1-4H2. The van der Waals surface area contributed by atoms with E-state index in [1.807, 2.05) is 0 Å². The monoisotopic (exact) mass is 152 g/mol. The van der Waals surface area contributed by atoms with Crippen LogP contribution in [0.4, 0.5) is 0 Å². The summed E-state index contributed by atoms with van der Waals surface area (Å²) in [7, 11) is -1.87. The zero-order chi connectivity index (χ0) is 6.04. The molecule has 1 aliphatic rings. The molecule has 0 aromatic heterocycles. The first-order valence-electron chi connectivity index (χ1n) is 2.49. The SMILES string of the molecule is O=S1(=S)CCOCC1. The average Bonchev–Trinajstić information content (AvgIpc) is 1.65. The Balaban J connectivity index is 2.58. The molecule has 0 aromatic rings. The molecule has 0 saturated carbocycles. The van der Waals surface area contributed by atoms with Gasteiger partial charge in [-0.25, -0.2) is 0 Å². The Bertz CT molecular complexity index is 147. The van der Waals surface area contributed by atoms with Crippen LogP contribution < -0.4 is 0 Å². The van der Waals surface area contributed by atoms with E-state index in [-0.39, 0.29) is 0 Å². The first kappa shape index (κ1) is 6.45. The minimum Gasteiger partial charge on any atom is -0.380 e. The summed E-state index contributed by atoms with van der Waals surface area (Å²) in [5, 5.41) is 0. The van der Waals surface area contributed by atoms with Crippen molar-refractivity contribution in [3.05, 3.63) is 0 Å². The van der Waals surface area contributed by atoms with Crippen molar-refractivity contribution in [2.45, 2.75) is 0 Å². The molecule has 0 radical (unpaired) electrons. The van der Waals surface area contributed by atoms with Gasteiger partial charge in [0.1, 0.15) is 0 Å². The molecule has 0 spiro atoms. The van der Waals surface area contributed by atoms with Crippen LogP contribution in [-0.2, 0) is 24.4 Å². The third-order valence-electron chi connectivity index (χ3n) is 1.08. The summed E-state index contributed by atoms with van der Waals surface area (Å²) < 4.78 is 15.9. The van der Waals surface area contributed by atoms with Gasteiger partial charge in [0.05, 0.1) is 13.2 Å². The zero-order valence-electron chi connectivity index (χ0n) is 4.46. The van der Waals surface area contributed by atoms with E-state index < -0.39 is 8.49 Å². The van der Waals surface area contributed by atoms with Crippen molar-refractivity contribution in [2.24, 2.45) is 0 Å². The minimum absolute atomic E-state index is 0.572. The molecule has 0 aliphatic carbocycles. The molecule has 0 aromatic carbocycles. The number of hydrogen-bond acceptors (Lipinski definition) is 3. The van der Waals surface area contributed by atoms with Crippen molar-refractivity contribution in [1.82, 2.24) is 0 Å². The summed E-state index contributed by atoms with van der Waals surface area (Å²) in [5.74, 6) is 1.14. The lowest BCUT2D eigenvalue weighted by Crippen LogP contribution is -2.24. The third kappa shape index (κ3) is 1.69. The van der Waals surface area contributed by atoms with Crippen LogP contribution in [0.25, 0.3) is 0 Å². The Morgan fingerprint density at radius 1 is 1.38 bits per heavy atom. The molecule has 0 N–H and O–H groups in total. The van der Waals surface area contributed by atoms with Gasteiger partial charge in [-0.15, -0.1) is 0 Å². The second-order valence-corrected chi connectivity index (χ2v) is 5.89. The van der Waals surface area contributed by atoms with E-state index in [1.165, 1.54) is 0 Å². The van der Waals surface area contributed by atoms with E-state index >= 15 is 0 Å². The van der Waals surface area contributed by atoms with Crippen LogP contribution in [0, 0.1) is 0 Å². The lowest BCUT2D eigenvalue weighted by atomic mass is 10.8. The molecule has 1 heterocycles. The zero-order valence-corrected chi connectivity index (χ0v) is 6.09. The molecule has 0 unspecified atom stereocenters. The fourth-order valence-corrected chi connectivity index (χ4v) is 1.93. The number of ether oxygens (including phenoxy) is 1. The molecule has 1 fully saturated rings. The predicted molar refractivity (Wildman–Crippen MR) is 36.1 cm³/mol. The third-order valence-corrected chi connectivity index (χ3v) is 3.65. The molecule has 0 bridgehead atoms. The van der Waals surface area contributed by atoms with Gasteiger partial charge in [0.25, 0.3) is 0 Å². The smallest absolute Gasteiger partial charge is 0.0584 e. The topological polar surface area (TPSA) is 26.3 Å². The molecule has 1 rings (SSSR count). The van der Waals surface area contributed by atoms with Crippen molar-refractivity contribution >= 4 is 19.7 Å². The summed E-state index contributed by atoms with van der Waals surface area (Å²) in [6.07, 6.45) is 0. The number of rotatable bonds is 0. The normalized spacial score (nSPS) is 27.5. The predicted octanol–water partition coefficient (Wildman–Crippen LogP) is -0.237. The van der Waals surface area contributed by atoms with Gasteiger partial charge in [0.2, 0.25) is 0 Å². The second-order valence-electron chi connectivity index (χ2n) is 1.76. The Morgan fingerprint density at radius 3 is 2.12 bits per heavy atom. The maximum atomic E-state index is 10.9. The van der Waals surface area contributed by atoms with E-state index in [9.17, 15) is 4.21 Å². The summed E-state index contributed by atoms with van der Waals surface area (Å²) in [5.41, 5.74) is 0. The Labute approximate surface area is 53.9 Å². The Hall–Kier alpha value is 0.330. The summed E-state index contributed by atoms with van der Waals surface area (Å²) in [6.45, 7) is 1.17. The van der Waals surface area contributed by atoms with Gasteiger partial charge in [0, 0.05) is 20.0 Å². The molecule has 0 atom stereocenters. The fraction of sp³-hybridized carbons (Fsp3) is 1.00. The molecule has 1 saturated heterocycles. The van der Waals surface area contributed by atoms with E-state index in [2.05, 4.69) is 0 Å². The molecule has 48 valence electrons. The second kappa shape index (κ2) is 2.29. The van der Waals surface area contributed by atoms with Crippen molar-refractivity contribution in [2.75, 3.05) is 24.7 Å². The maximum absolute atomic E-state index is 10.9. The summed E-state index contributed by atoms with van der Waals surface area (Å²) in [6, 6.07) is 0. The molecule has 0 amide bonds. The van der Waals surface area contributed by atoms with E-state index in [4.69, 9.17) is 15.9 Å². The first-order valence-corrected chi connectivity index (χ1v) is 5.31. The molecular formula is C4H8O2S2. The van der Waals surface area contributed by atoms with Crippen LogP contribution in [0.15, 0.2) is 0 Å². The van der Waals surface area contributed by atoms with Crippen LogP contribution >= 0.6 is 0 Å². The van der Waals surface area contributed by atoms with Crippen molar-refractivity contribution in [1.29, 1.82) is 0 Å². The Kier molecular flexibility index (Phi) is 1.84. The van der Waals surface area contributed by atoms with Crippen LogP contribution in [0.1, 0.15) is 0 Å². The lowest BCUT2D eigenvalue weighted by molar-refractivity contribution is 0.158. The summed E-state index contributed by atoms with van der Waals surface area (Å²) in [4.78, 5) is 0. The van der Waals surface area contributed by atoms with E-state index in [0.717, 1.165) is 0 Å². The highest BCUT2D eigenvalue weighted by Crippen LogP contribution is 1.97. The first-order chi connectivity index (χ1) is 3.71. The van der Waals surface area contributed by atoms with Gasteiger partial charge in [-0.05, 0) is 11.2 Å². The highest BCUT2D eigenvalue weighted by molar-refractivity contribution is 8.32. The van der Waals surface area contributed by atoms with Crippen LogP contribution in [0.5, 0.6) is 0 Å². The molecule has 2 nitrogen and oxygen atoms in total. The molecule has 4 heteroatoms. The van der Waals surface area contributed by atoms with Crippen LogP contribution in [-0.4, -0.2) is 28.9 Å². The van der Waals surface area contributed by atoms with Gasteiger partial charge in [-0.2, -0.15) is 0 Å². The van der Waals surface area contributed by atoms with Gasteiger partial charge >= 0.3 is 0 Å². The Morgan fingerprint density at radius 2 is 1.88 bits per heavy atom. The van der Waals surface area contributed by atoms with Crippen molar-refractivity contribution < 1.29 is 8.95 Å². The maximum Gasteiger partial charge on any atom is 0.0584 e. The summed E-state index contributed by atoms with van der Waals surface area (Å²) >= 11 is 4.74. The number of hydrogen-bond donors (Lipinski definition) is 0. The minimum atomic E-state index is -1.87. The lowest BCUT2D eigenvalue weighted by Gasteiger charge is -2.12.